The summed E-state index contributed by atoms with van der Waals surface area (Å²) in [6, 6.07) is 13.9. The number of hydrogen-bond donors (Lipinski definition) is 1. The Labute approximate surface area is 154 Å². The number of benzene rings is 2. The van der Waals surface area contributed by atoms with Crippen molar-refractivity contribution in [2.24, 2.45) is 0 Å². The number of nitrogens with one attached hydrogen (secondary N) is 1. The summed E-state index contributed by atoms with van der Waals surface area (Å²) in [5.74, 6) is -0.527. The zero-order valence-electron chi connectivity index (χ0n) is 14.1. The topological polar surface area (TPSA) is 60.5 Å². The smallest absolute Gasteiger partial charge is 0.358 e. The number of rotatable bonds is 7. The fourth-order valence-corrected chi connectivity index (χ4v) is 2.98. The average molecular weight is 372 g/mol. The quantitative estimate of drug-likeness (QED) is 0.628. The molecule has 0 atom stereocenters. The van der Waals surface area contributed by atoms with Crippen LogP contribution in [0.2, 0.25) is 0 Å². The lowest BCUT2D eigenvalue weighted by Crippen LogP contribution is -2.07. The van der Waals surface area contributed by atoms with Crippen LogP contribution in [0.15, 0.2) is 53.9 Å². The van der Waals surface area contributed by atoms with Gasteiger partial charge in [0.2, 0.25) is 0 Å². The standard InChI is InChI=1S/C19H17FN2O3S/c1-24-17-8-7-15(20)9-14(17)11-25-18(23)16-12-26-19(22-16)21-10-13-5-3-2-4-6-13/h2-9,12H,10-11H2,1H3,(H,21,22). The van der Waals surface area contributed by atoms with Crippen LogP contribution in [0.3, 0.4) is 0 Å². The molecule has 0 aliphatic carbocycles. The number of carbonyl (C=O) groups is 1. The predicted octanol–water partition coefficient (Wildman–Crippen LogP) is 4.26. The minimum atomic E-state index is -0.569. The second kappa shape index (κ2) is 8.44. The molecule has 3 rings (SSSR count). The summed E-state index contributed by atoms with van der Waals surface area (Å²) in [5, 5.41) is 5.42. The first-order valence-corrected chi connectivity index (χ1v) is 8.76. The van der Waals surface area contributed by atoms with Gasteiger partial charge in [-0.2, -0.15) is 0 Å². The average Bonchev–Trinajstić information content (AvgIpc) is 3.14. The van der Waals surface area contributed by atoms with E-state index in [1.54, 1.807) is 5.38 Å². The van der Waals surface area contributed by atoms with E-state index in [9.17, 15) is 9.18 Å². The van der Waals surface area contributed by atoms with Gasteiger partial charge in [0.05, 0.1) is 7.11 Å². The van der Waals surface area contributed by atoms with Crippen LogP contribution in [-0.2, 0) is 17.9 Å². The van der Waals surface area contributed by atoms with Gasteiger partial charge in [0.1, 0.15) is 18.2 Å². The minimum absolute atomic E-state index is 0.0932. The summed E-state index contributed by atoms with van der Waals surface area (Å²) in [6.45, 7) is 0.521. The maximum Gasteiger partial charge on any atom is 0.358 e. The molecule has 7 heteroatoms. The van der Waals surface area contributed by atoms with E-state index in [0.29, 0.717) is 23.0 Å². The second-order valence-corrected chi connectivity index (χ2v) is 6.27. The highest BCUT2D eigenvalue weighted by molar-refractivity contribution is 7.13. The fourth-order valence-electron chi connectivity index (χ4n) is 2.30. The van der Waals surface area contributed by atoms with Crippen LogP contribution in [0, 0.1) is 5.82 Å². The zero-order valence-corrected chi connectivity index (χ0v) is 14.9. The molecule has 0 radical (unpaired) electrons. The van der Waals surface area contributed by atoms with Gasteiger partial charge in [-0.05, 0) is 23.8 Å². The van der Waals surface area contributed by atoms with Crippen LogP contribution in [0.4, 0.5) is 9.52 Å². The Morgan fingerprint density at radius 1 is 1.23 bits per heavy atom. The third-order valence-electron chi connectivity index (χ3n) is 3.60. The molecule has 3 aromatic rings. The van der Waals surface area contributed by atoms with E-state index in [1.807, 2.05) is 30.3 Å². The van der Waals surface area contributed by atoms with Gasteiger partial charge in [0.25, 0.3) is 0 Å². The predicted molar refractivity (Wildman–Crippen MR) is 98.0 cm³/mol. The number of thiazole rings is 1. The van der Waals surface area contributed by atoms with Crippen LogP contribution in [0.5, 0.6) is 5.75 Å². The van der Waals surface area contributed by atoms with Crippen molar-refractivity contribution in [1.82, 2.24) is 4.98 Å². The Balaban J connectivity index is 1.57. The third kappa shape index (κ3) is 4.58. The molecule has 0 aliphatic heterocycles. The van der Waals surface area contributed by atoms with Crippen LogP contribution in [0.1, 0.15) is 21.6 Å². The number of carbonyl (C=O) groups excluding carboxylic acids is 1. The van der Waals surface area contributed by atoms with Crippen molar-refractivity contribution < 1.29 is 18.7 Å². The highest BCUT2D eigenvalue weighted by atomic mass is 32.1. The van der Waals surface area contributed by atoms with Gasteiger partial charge in [-0.25, -0.2) is 14.2 Å². The Bertz CT molecular complexity index is 884. The molecule has 5 nitrogen and oxygen atoms in total. The number of hydrogen-bond acceptors (Lipinski definition) is 6. The molecule has 0 aliphatic rings. The molecule has 0 saturated heterocycles. The van der Waals surface area contributed by atoms with Crippen molar-refractivity contribution in [2.75, 3.05) is 12.4 Å². The number of esters is 1. The summed E-state index contributed by atoms with van der Waals surface area (Å²) in [4.78, 5) is 16.4. The normalized spacial score (nSPS) is 10.4. The van der Waals surface area contributed by atoms with Crippen molar-refractivity contribution in [2.45, 2.75) is 13.2 Å². The van der Waals surface area contributed by atoms with Gasteiger partial charge in [-0.3, -0.25) is 0 Å². The molecular formula is C19H17FN2O3S. The molecule has 0 spiro atoms. The van der Waals surface area contributed by atoms with Crippen LogP contribution in [-0.4, -0.2) is 18.1 Å². The SMILES string of the molecule is COc1ccc(F)cc1COC(=O)c1csc(NCc2ccccc2)n1. The zero-order chi connectivity index (χ0) is 18.4. The first-order chi connectivity index (χ1) is 12.7. The largest absolute Gasteiger partial charge is 0.496 e. The van der Waals surface area contributed by atoms with Gasteiger partial charge in [0, 0.05) is 17.5 Å². The maximum absolute atomic E-state index is 13.3. The van der Waals surface area contributed by atoms with E-state index < -0.39 is 11.8 Å². The monoisotopic (exact) mass is 372 g/mol. The van der Waals surface area contributed by atoms with Gasteiger partial charge < -0.3 is 14.8 Å². The molecule has 2 aromatic carbocycles. The van der Waals surface area contributed by atoms with E-state index >= 15 is 0 Å². The van der Waals surface area contributed by atoms with Gasteiger partial charge in [-0.1, -0.05) is 30.3 Å². The highest BCUT2D eigenvalue weighted by Gasteiger charge is 2.14. The number of halogens is 1. The van der Waals surface area contributed by atoms with Crippen molar-refractivity contribution in [3.8, 4) is 5.75 Å². The summed E-state index contributed by atoms with van der Waals surface area (Å²) < 4.78 is 23.7. The molecule has 0 fully saturated rings. The molecule has 1 N–H and O–H groups in total. The van der Waals surface area contributed by atoms with Crippen LogP contribution >= 0.6 is 11.3 Å². The lowest BCUT2D eigenvalue weighted by Gasteiger charge is -2.08. The lowest BCUT2D eigenvalue weighted by atomic mass is 10.2. The third-order valence-corrected chi connectivity index (χ3v) is 4.40. The summed E-state index contributed by atoms with van der Waals surface area (Å²) >= 11 is 1.32. The molecule has 0 amide bonds. The van der Waals surface area contributed by atoms with E-state index in [0.717, 1.165) is 5.56 Å². The Kier molecular flexibility index (Phi) is 5.80. The first-order valence-electron chi connectivity index (χ1n) is 7.88. The summed E-state index contributed by atoms with van der Waals surface area (Å²) in [5.41, 5.74) is 1.78. The fraction of sp³-hybridized carbons (Fsp3) is 0.158. The van der Waals surface area contributed by atoms with Crippen molar-refractivity contribution in [3.05, 3.63) is 76.5 Å². The lowest BCUT2D eigenvalue weighted by molar-refractivity contribution is 0.0464. The van der Waals surface area contributed by atoms with E-state index in [-0.39, 0.29) is 12.3 Å². The van der Waals surface area contributed by atoms with Crippen molar-refractivity contribution >= 4 is 22.4 Å². The maximum atomic E-state index is 13.3. The molecule has 0 bridgehead atoms. The minimum Gasteiger partial charge on any atom is -0.496 e. The molecule has 26 heavy (non-hydrogen) atoms. The van der Waals surface area contributed by atoms with Gasteiger partial charge in [-0.15, -0.1) is 11.3 Å². The number of aromatic nitrogens is 1. The number of nitrogens with zero attached hydrogens (tertiary/aromatic N) is 1. The van der Waals surface area contributed by atoms with E-state index in [1.165, 1.54) is 36.6 Å². The Morgan fingerprint density at radius 3 is 2.81 bits per heavy atom. The number of anilines is 1. The second-order valence-electron chi connectivity index (χ2n) is 5.41. The molecule has 0 saturated carbocycles. The Hall–Kier alpha value is -2.93. The first kappa shape index (κ1) is 17.9. The molecule has 0 unspecified atom stereocenters. The van der Waals surface area contributed by atoms with E-state index in [4.69, 9.17) is 9.47 Å². The van der Waals surface area contributed by atoms with Crippen LogP contribution < -0.4 is 10.1 Å². The van der Waals surface area contributed by atoms with Crippen molar-refractivity contribution in [1.29, 1.82) is 0 Å². The molecular weight excluding hydrogens is 355 g/mol. The molecule has 1 aromatic heterocycles. The molecule has 1 heterocycles. The van der Waals surface area contributed by atoms with Crippen molar-refractivity contribution in [3.63, 3.8) is 0 Å². The number of ether oxygens (including phenoxy) is 2. The van der Waals surface area contributed by atoms with Crippen LogP contribution in [0.25, 0.3) is 0 Å². The van der Waals surface area contributed by atoms with E-state index in [2.05, 4.69) is 10.3 Å². The summed E-state index contributed by atoms with van der Waals surface area (Å²) in [6.07, 6.45) is 0. The van der Waals surface area contributed by atoms with Gasteiger partial charge >= 0.3 is 5.97 Å². The molecule has 134 valence electrons. The number of methoxy groups -OCH3 is 1. The summed E-state index contributed by atoms with van der Waals surface area (Å²) in [7, 11) is 1.48. The van der Waals surface area contributed by atoms with Gasteiger partial charge in [0.15, 0.2) is 10.8 Å². The highest BCUT2D eigenvalue weighted by Crippen LogP contribution is 2.22. The Morgan fingerprint density at radius 2 is 2.04 bits per heavy atom.